The fourth-order valence-corrected chi connectivity index (χ4v) is 5.54. The Bertz CT molecular complexity index is 1010. The van der Waals surface area contributed by atoms with E-state index in [1.54, 1.807) is 25.1 Å². The van der Waals surface area contributed by atoms with Gasteiger partial charge in [0.25, 0.3) is 10.0 Å². The molecule has 1 heterocycles. The second-order valence-corrected chi connectivity index (χ2v) is 9.03. The molecule has 0 aromatic heterocycles. The van der Waals surface area contributed by atoms with Gasteiger partial charge in [0.2, 0.25) is 5.91 Å². The summed E-state index contributed by atoms with van der Waals surface area (Å²) in [7, 11) is -3.69. The van der Waals surface area contributed by atoms with E-state index in [-0.39, 0.29) is 10.8 Å². The summed E-state index contributed by atoms with van der Waals surface area (Å²) in [5.74, 6) is 0.0412. The van der Waals surface area contributed by atoms with Crippen LogP contribution in [0.15, 0.2) is 41.3 Å². The summed E-state index contributed by atoms with van der Waals surface area (Å²) < 4.78 is 28.4. The molecule has 1 amide bonds. The summed E-state index contributed by atoms with van der Waals surface area (Å²) in [5, 5.41) is 2.95. The minimum Gasteiger partial charge on any atom is -0.325 e. The van der Waals surface area contributed by atoms with Gasteiger partial charge in [0.1, 0.15) is 0 Å². The molecule has 136 valence electrons. The third kappa shape index (κ3) is 2.60. The second kappa shape index (κ2) is 5.84. The molecule has 0 radical (unpaired) electrons. The molecule has 6 heteroatoms. The molecule has 0 bridgehead atoms. The Labute approximate surface area is 153 Å². The molecule has 2 N–H and O–H groups in total. The molecule has 1 spiro atoms. The lowest BCUT2D eigenvalue weighted by Gasteiger charge is -2.21. The van der Waals surface area contributed by atoms with Crippen molar-refractivity contribution in [2.45, 2.75) is 49.8 Å². The number of anilines is 2. The van der Waals surface area contributed by atoms with Gasteiger partial charge in [0, 0.05) is 11.4 Å². The molecule has 2 aromatic carbocycles. The number of nitrogens with one attached hydrogen (secondary N) is 2. The molecule has 0 atom stereocenters. The highest BCUT2D eigenvalue weighted by Gasteiger charge is 2.48. The number of aryl methyl sites for hydroxylation is 2. The summed E-state index contributed by atoms with van der Waals surface area (Å²) in [6.07, 6.45) is 3.68. The van der Waals surface area contributed by atoms with Gasteiger partial charge in [0.15, 0.2) is 0 Å². The van der Waals surface area contributed by atoms with Crippen molar-refractivity contribution in [1.29, 1.82) is 0 Å². The fourth-order valence-electron chi connectivity index (χ4n) is 4.16. The summed E-state index contributed by atoms with van der Waals surface area (Å²) in [5.41, 5.74) is 3.31. The predicted octanol–water partition coefficient (Wildman–Crippen LogP) is 3.87. The number of carbonyl (C=O) groups excluding carboxylic acids is 1. The van der Waals surface area contributed by atoms with Crippen LogP contribution in [-0.2, 0) is 20.2 Å². The van der Waals surface area contributed by atoms with Crippen LogP contribution in [0.2, 0.25) is 0 Å². The van der Waals surface area contributed by atoms with Gasteiger partial charge in [0.05, 0.1) is 10.3 Å². The maximum atomic E-state index is 12.9. The Balaban J connectivity index is 1.72. The van der Waals surface area contributed by atoms with Gasteiger partial charge in [-0.1, -0.05) is 25.0 Å². The van der Waals surface area contributed by atoms with Gasteiger partial charge in [-0.3, -0.25) is 9.52 Å². The van der Waals surface area contributed by atoms with E-state index in [0.29, 0.717) is 11.3 Å². The number of hydrogen-bond acceptors (Lipinski definition) is 3. The number of benzene rings is 2. The first-order valence-corrected chi connectivity index (χ1v) is 10.4. The Morgan fingerprint density at radius 2 is 1.77 bits per heavy atom. The molecule has 2 aromatic rings. The van der Waals surface area contributed by atoms with Crippen molar-refractivity contribution >= 4 is 27.3 Å². The second-order valence-electron chi connectivity index (χ2n) is 7.38. The molecule has 1 aliphatic heterocycles. The van der Waals surface area contributed by atoms with Crippen LogP contribution < -0.4 is 10.0 Å². The Hall–Kier alpha value is -2.34. The normalized spacial score (nSPS) is 18.0. The number of rotatable bonds is 3. The molecule has 26 heavy (non-hydrogen) atoms. The topological polar surface area (TPSA) is 75.3 Å². The van der Waals surface area contributed by atoms with Crippen LogP contribution in [0.25, 0.3) is 0 Å². The van der Waals surface area contributed by atoms with E-state index in [0.717, 1.165) is 42.5 Å². The van der Waals surface area contributed by atoms with E-state index in [1.165, 1.54) is 0 Å². The number of hydrogen-bond donors (Lipinski definition) is 2. The zero-order valence-electron chi connectivity index (χ0n) is 14.9. The Kier molecular flexibility index (Phi) is 3.84. The molecule has 0 saturated heterocycles. The van der Waals surface area contributed by atoms with Crippen LogP contribution >= 0.6 is 0 Å². The lowest BCUT2D eigenvalue weighted by atomic mass is 9.80. The van der Waals surface area contributed by atoms with E-state index in [1.807, 2.05) is 25.1 Å². The molecule has 1 fully saturated rings. The maximum absolute atomic E-state index is 12.9. The quantitative estimate of drug-likeness (QED) is 0.861. The van der Waals surface area contributed by atoms with Gasteiger partial charge in [-0.05, 0) is 67.6 Å². The molecular formula is C20H22N2O3S. The van der Waals surface area contributed by atoms with Crippen LogP contribution in [0, 0.1) is 13.8 Å². The van der Waals surface area contributed by atoms with Gasteiger partial charge in [-0.2, -0.15) is 0 Å². The van der Waals surface area contributed by atoms with E-state index in [4.69, 9.17) is 0 Å². The first-order chi connectivity index (χ1) is 12.3. The standard InChI is InChI=1S/C20H22N2O3S/c1-13-5-6-14(2)18(11-13)26(24,25)22-15-7-8-17-16(12-15)20(19(23)21-17)9-3-4-10-20/h5-8,11-12,22H,3-4,9-10H2,1-2H3,(H,21,23). The van der Waals surface area contributed by atoms with Crippen molar-refractivity contribution < 1.29 is 13.2 Å². The third-order valence-electron chi connectivity index (χ3n) is 5.56. The minimum atomic E-state index is -3.69. The Morgan fingerprint density at radius 3 is 2.50 bits per heavy atom. The first-order valence-electron chi connectivity index (χ1n) is 8.88. The lowest BCUT2D eigenvalue weighted by molar-refractivity contribution is -0.120. The molecule has 0 unspecified atom stereocenters. The van der Waals surface area contributed by atoms with Crippen molar-refractivity contribution in [3.05, 3.63) is 53.1 Å². The van der Waals surface area contributed by atoms with Gasteiger partial charge in [-0.15, -0.1) is 0 Å². The van der Waals surface area contributed by atoms with Crippen LogP contribution in [0.3, 0.4) is 0 Å². The number of sulfonamides is 1. The summed E-state index contributed by atoms with van der Waals surface area (Å²) in [6, 6.07) is 10.7. The lowest BCUT2D eigenvalue weighted by Crippen LogP contribution is -2.31. The van der Waals surface area contributed by atoms with Crippen molar-refractivity contribution in [1.82, 2.24) is 0 Å². The van der Waals surface area contributed by atoms with Crippen LogP contribution in [0.1, 0.15) is 42.4 Å². The van der Waals surface area contributed by atoms with Gasteiger partial charge < -0.3 is 5.32 Å². The zero-order valence-corrected chi connectivity index (χ0v) is 15.7. The van der Waals surface area contributed by atoms with Crippen molar-refractivity contribution in [3.8, 4) is 0 Å². The average Bonchev–Trinajstić information content (AvgIpc) is 3.18. The van der Waals surface area contributed by atoms with Crippen molar-refractivity contribution in [2.24, 2.45) is 0 Å². The predicted molar refractivity (Wildman–Crippen MR) is 102 cm³/mol. The minimum absolute atomic E-state index is 0.0412. The van der Waals surface area contributed by atoms with E-state index < -0.39 is 15.4 Å². The van der Waals surface area contributed by atoms with Crippen LogP contribution in [0.4, 0.5) is 11.4 Å². The highest BCUT2D eigenvalue weighted by Crippen LogP contribution is 2.49. The molecule has 5 nitrogen and oxygen atoms in total. The average molecular weight is 370 g/mol. The van der Waals surface area contributed by atoms with Crippen LogP contribution in [0.5, 0.6) is 0 Å². The van der Waals surface area contributed by atoms with Gasteiger partial charge in [-0.25, -0.2) is 8.42 Å². The molecule has 2 aliphatic rings. The maximum Gasteiger partial charge on any atom is 0.262 e. The smallest absolute Gasteiger partial charge is 0.262 e. The summed E-state index contributed by atoms with van der Waals surface area (Å²) in [6.45, 7) is 3.65. The largest absolute Gasteiger partial charge is 0.325 e. The number of fused-ring (bicyclic) bond motifs is 2. The third-order valence-corrected chi connectivity index (χ3v) is 7.08. The van der Waals surface area contributed by atoms with Crippen molar-refractivity contribution in [2.75, 3.05) is 10.0 Å². The fraction of sp³-hybridized carbons (Fsp3) is 0.350. The summed E-state index contributed by atoms with van der Waals surface area (Å²) >= 11 is 0. The van der Waals surface area contributed by atoms with E-state index >= 15 is 0 Å². The van der Waals surface area contributed by atoms with E-state index in [2.05, 4.69) is 10.0 Å². The number of amides is 1. The zero-order chi connectivity index (χ0) is 18.5. The molecular weight excluding hydrogens is 348 g/mol. The van der Waals surface area contributed by atoms with E-state index in [9.17, 15) is 13.2 Å². The number of carbonyl (C=O) groups is 1. The monoisotopic (exact) mass is 370 g/mol. The van der Waals surface area contributed by atoms with Crippen LogP contribution in [-0.4, -0.2) is 14.3 Å². The first kappa shape index (κ1) is 17.1. The molecule has 1 saturated carbocycles. The molecule has 1 aliphatic carbocycles. The summed E-state index contributed by atoms with van der Waals surface area (Å²) in [4.78, 5) is 12.8. The Morgan fingerprint density at radius 1 is 1.04 bits per heavy atom. The van der Waals surface area contributed by atoms with Gasteiger partial charge >= 0.3 is 0 Å². The highest BCUT2D eigenvalue weighted by molar-refractivity contribution is 7.92. The molecule has 4 rings (SSSR count). The van der Waals surface area contributed by atoms with Crippen molar-refractivity contribution in [3.63, 3.8) is 0 Å². The SMILES string of the molecule is Cc1ccc(C)c(S(=O)(=O)Nc2ccc3c(c2)C2(CCCC2)C(=O)N3)c1. The highest BCUT2D eigenvalue weighted by atomic mass is 32.2.